The minimum absolute atomic E-state index is 0.153. The highest BCUT2D eigenvalue weighted by Crippen LogP contribution is 2.63. The van der Waals surface area contributed by atoms with Crippen molar-refractivity contribution in [1.82, 2.24) is 0 Å². The van der Waals surface area contributed by atoms with Crippen LogP contribution >= 0.6 is 0 Å². The molecule has 10 nitrogen and oxygen atoms in total. The Balaban J connectivity index is 1.96. The summed E-state index contributed by atoms with van der Waals surface area (Å²) < 4.78 is 42.6. The Hall–Kier alpha value is -1.43. The van der Waals surface area contributed by atoms with Gasteiger partial charge in [0.05, 0.1) is 18.6 Å². The summed E-state index contributed by atoms with van der Waals surface area (Å²) in [6, 6.07) is 0. The van der Waals surface area contributed by atoms with Crippen molar-refractivity contribution in [2.45, 2.75) is 58.7 Å². The van der Waals surface area contributed by atoms with Gasteiger partial charge in [-0.3, -0.25) is 8.98 Å². The zero-order valence-electron chi connectivity index (χ0n) is 16.9. The van der Waals surface area contributed by atoms with Crippen LogP contribution < -0.4 is 0 Å². The van der Waals surface area contributed by atoms with Gasteiger partial charge in [0.25, 0.3) is 11.0 Å². The van der Waals surface area contributed by atoms with Crippen LogP contribution in [0.3, 0.4) is 0 Å². The molecule has 2 saturated carbocycles. The molecule has 0 aliphatic heterocycles. The third-order valence-corrected chi connectivity index (χ3v) is 6.73. The van der Waals surface area contributed by atoms with E-state index in [4.69, 9.17) is 18.4 Å². The zero-order chi connectivity index (χ0) is 21.9. The molecule has 2 N–H and O–H groups in total. The summed E-state index contributed by atoms with van der Waals surface area (Å²) in [5, 5.41) is 19.7. The minimum atomic E-state index is -3.26. The zero-order valence-corrected chi connectivity index (χ0v) is 17.8. The highest BCUT2D eigenvalue weighted by Gasteiger charge is 2.68. The Morgan fingerprint density at radius 1 is 1.03 bits per heavy atom. The Labute approximate surface area is 171 Å². The molecule has 2 fully saturated rings. The van der Waals surface area contributed by atoms with Crippen LogP contribution in [0.25, 0.3) is 0 Å². The average molecular weight is 438 g/mol. The number of fused-ring (bicyclic) bond motifs is 2. The highest BCUT2D eigenvalue weighted by atomic mass is 32.2. The lowest BCUT2D eigenvalue weighted by Crippen LogP contribution is -2.49. The van der Waals surface area contributed by atoms with Gasteiger partial charge in [-0.05, 0) is 39.5 Å². The fourth-order valence-electron chi connectivity index (χ4n) is 4.14. The summed E-state index contributed by atoms with van der Waals surface area (Å²) in [5.74, 6) is -0.415. The first-order chi connectivity index (χ1) is 13.6. The molecule has 0 radical (unpaired) electrons. The molecule has 0 saturated heterocycles. The smallest absolute Gasteiger partial charge is 0.462 e. The lowest BCUT2D eigenvalue weighted by molar-refractivity contribution is -0.155. The van der Waals surface area contributed by atoms with Gasteiger partial charge in [0.2, 0.25) is 0 Å². The first-order valence-electron chi connectivity index (χ1n) is 9.59. The molecule has 2 rings (SSSR count). The van der Waals surface area contributed by atoms with Gasteiger partial charge in [-0.2, -0.15) is 0 Å². The van der Waals surface area contributed by atoms with E-state index < -0.39 is 51.6 Å². The van der Waals surface area contributed by atoms with Crippen LogP contribution in [0.15, 0.2) is 0 Å². The van der Waals surface area contributed by atoms with Crippen molar-refractivity contribution >= 4 is 23.1 Å². The Kier molecular flexibility index (Phi) is 7.52. The highest BCUT2D eigenvalue weighted by molar-refractivity contribution is 7.67. The first kappa shape index (κ1) is 23.8. The van der Waals surface area contributed by atoms with Crippen molar-refractivity contribution in [3.8, 4) is 0 Å². The lowest BCUT2D eigenvalue weighted by atomic mass is 9.78. The van der Waals surface area contributed by atoms with E-state index in [1.165, 1.54) is 0 Å². The van der Waals surface area contributed by atoms with Gasteiger partial charge in [0.1, 0.15) is 25.4 Å². The maximum absolute atomic E-state index is 12.1. The minimum Gasteiger partial charge on any atom is -0.462 e. The van der Waals surface area contributed by atoms with Crippen molar-refractivity contribution in [1.29, 1.82) is 0 Å². The van der Waals surface area contributed by atoms with E-state index in [9.17, 15) is 28.2 Å². The van der Waals surface area contributed by atoms with Crippen LogP contribution in [0.1, 0.15) is 46.5 Å². The van der Waals surface area contributed by atoms with Gasteiger partial charge in [0.15, 0.2) is 0 Å². The number of hydrogen-bond donors (Lipinski definition) is 3. The summed E-state index contributed by atoms with van der Waals surface area (Å²) in [4.78, 5) is 24.0. The molecular formula is C18H30O10S. The number of carbonyl (C=O) groups excluding carboxylic acids is 2. The summed E-state index contributed by atoms with van der Waals surface area (Å²) in [6.07, 6.45) is -1.54. The molecule has 0 aromatic heterocycles. The summed E-state index contributed by atoms with van der Waals surface area (Å²) in [7, 11) is -3.26. The van der Waals surface area contributed by atoms with Gasteiger partial charge < -0.3 is 24.4 Å². The van der Waals surface area contributed by atoms with Crippen LogP contribution in [0.2, 0.25) is 0 Å². The van der Waals surface area contributed by atoms with Gasteiger partial charge in [-0.25, -0.2) is 13.2 Å². The van der Waals surface area contributed by atoms with Crippen molar-refractivity contribution in [2.75, 3.05) is 26.4 Å². The van der Waals surface area contributed by atoms with E-state index in [2.05, 4.69) is 0 Å². The van der Waals surface area contributed by atoms with Crippen LogP contribution in [-0.2, 0) is 34.2 Å². The van der Waals surface area contributed by atoms with E-state index in [0.29, 0.717) is 19.3 Å². The lowest BCUT2D eigenvalue weighted by Gasteiger charge is -2.38. The predicted octanol–water partition coefficient (Wildman–Crippen LogP) is 0.554. The molecule has 2 aliphatic carbocycles. The van der Waals surface area contributed by atoms with E-state index in [-0.39, 0.29) is 32.8 Å². The standard InChI is InChI=1S/C18H30O10S/c1-4-16(2,3)14(21)25-7-8-26-15(22)27-12-13(28-29(23)24)18(11-20)6-5-17(12,9-18)10-19/h12-13,19-20,29H,4-11H2,1-3H3. The maximum atomic E-state index is 12.1. The number of ether oxygens (including phenoxy) is 3. The van der Waals surface area contributed by atoms with Crippen molar-refractivity contribution < 1.29 is 46.6 Å². The predicted molar refractivity (Wildman–Crippen MR) is 99.3 cm³/mol. The second kappa shape index (κ2) is 9.15. The summed E-state index contributed by atoms with van der Waals surface area (Å²) in [6.45, 7) is 4.23. The first-order valence-corrected chi connectivity index (χ1v) is 10.7. The van der Waals surface area contributed by atoms with Gasteiger partial charge in [-0.15, -0.1) is 0 Å². The molecule has 2 bridgehead atoms. The molecule has 168 valence electrons. The third kappa shape index (κ3) is 4.84. The number of hydrogen-bond acceptors (Lipinski definition) is 10. The van der Waals surface area contributed by atoms with Crippen LogP contribution in [-0.4, -0.2) is 69.4 Å². The van der Waals surface area contributed by atoms with Gasteiger partial charge >= 0.3 is 12.1 Å². The Morgan fingerprint density at radius 3 is 2.10 bits per heavy atom. The Morgan fingerprint density at radius 2 is 1.59 bits per heavy atom. The van der Waals surface area contributed by atoms with Crippen molar-refractivity contribution in [2.24, 2.45) is 16.2 Å². The summed E-state index contributed by atoms with van der Waals surface area (Å²) >= 11 is 0. The number of aliphatic hydroxyl groups is 2. The SMILES string of the molecule is CCC(C)(C)C(=O)OCCOC(=O)OC1C(O[SH](=O)=O)C2(CO)CCC1(CO)C2. The number of esters is 1. The number of carbonyl (C=O) groups is 2. The molecule has 4 atom stereocenters. The maximum Gasteiger partial charge on any atom is 0.508 e. The fraction of sp³-hybridized carbons (Fsp3) is 0.889. The van der Waals surface area contributed by atoms with E-state index in [1.807, 2.05) is 6.92 Å². The largest absolute Gasteiger partial charge is 0.508 e. The molecule has 0 amide bonds. The van der Waals surface area contributed by atoms with Crippen LogP contribution in [0.4, 0.5) is 4.79 Å². The van der Waals surface area contributed by atoms with Gasteiger partial charge in [-0.1, -0.05) is 6.92 Å². The van der Waals surface area contributed by atoms with E-state index in [0.717, 1.165) is 0 Å². The van der Waals surface area contributed by atoms with Crippen LogP contribution in [0, 0.1) is 16.2 Å². The molecule has 2 aliphatic rings. The second-order valence-electron chi connectivity index (χ2n) is 8.48. The number of rotatable bonds is 10. The molecular weight excluding hydrogens is 408 g/mol. The average Bonchev–Trinajstić information content (AvgIpc) is 3.18. The van der Waals surface area contributed by atoms with E-state index >= 15 is 0 Å². The quantitative estimate of drug-likeness (QED) is 0.251. The van der Waals surface area contributed by atoms with Crippen LogP contribution in [0.5, 0.6) is 0 Å². The second-order valence-corrected chi connectivity index (χ2v) is 9.14. The molecule has 0 spiro atoms. The van der Waals surface area contributed by atoms with Crippen molar-refractivity contribution in [3.05, 3.63) is 0 Å². The monoisotopic (exact) mass is 438 g/mol. The third-order valence-electron chi connectivity index (χ3n) is 6.33. The normalized spacial score (nSPS) is 31.1. The summed E-state index contributed by atoms with van der Waals surface area (Å²) in [5.41, 5.74) is -2.46. The molecule has 4 unspecified atom stereocenters. The molecule has 0 aromatic carbocycles. The fourth-order valence-corrected chi connectivity index (χ4v) is 4.66. The molecule has 11 heteroatoms. The topological polar surface area (TPSA) is 146 Å². The number of aliphatic hydroxyl groups excluding tert-OH is 2. The van der Waals surface area contributed by atoms with E-state index in [1.54, 1.807) is 13.8 Å². The molecule has 0 aromatic rings. The number of thiol groups is 1. The Bertz CT molecular complexity index is 682. The van der Waals surface area contributed by atoms with Crippen molar-refractivity contribution in [3.63, 3.8) is 0 Å². The molecule has 29 heavy (non-hydrogen) atoms. The molecule has 0 heterocycles. The van der Waals surface area contributed by atoms with Gasteiger partial charge in [0, 0.05) is 10.8 Å².